The average Bonchev–Trinajstić information content (AvgIpc) is 2.33. The van der Waals surface area contributed by atoms with Crippen LogP contribution < -0.4 is 5.32 Å². The molecule has 3 heteroatoms. The Kier molecular flexibility index (Phi) is 3.63. The standard InChI is InChI=1S/C13H15BrN2/c14-12-4-2-1-3-11(12)9-13(10-15)5-7-16-8-6-13/h1-4,16H,5-9H2. The molecule has 1 aliphatic heterocycles. The summed E-state index contributed by atoms with van der Waals surface area (Å²) in [5.74, 6) is 0. The lowest BCUT2D eigenvalue weighted by Gasteiger charge is -2.31. The minimum absolute atomic E-state index is 0.172. The molecule has 1 fully saturated rings. The lowest BCUT2D eigenvalue weighted by molar-refractivity contribution is 0.280. The Balaban J connectivity index is 2.19. The number of halogens is 1. The Morgan fingerprint density at radius 3 is 2.62 bits per heavy atom. The monoisotopic (exact) mass is 278 g/mol. The van der Waals surface area contributed by atoms with Crippen LogP contribution in [0.2, 0.25) is 0 Å². The fraction of sp³-hybridized carbons (Fsp3) is 0.462. The van der Waals surface area contributed by atoms with E-state index in [4.69, 9.17) is 0 Å². The van der Waals surface area contributed by atoms with Gasteiger partial charge in [-0.25, -0.2) is 0 Å². The summed E-state index contributed by atoms with van der Waals surface area (Å²) in [5.41, 5.74) is 1.07. The van der Waals surface area contributed by atoms with Crippen molar-refractivity contribution in [2.24, 2.45) is 5.41 Å². The molecular weight excluding hydrogens is 264 g/mol. The first kappa shape index (κ1) is 11.6. The topological polar surface area (TPSA) is 35.8 Å². The van der Waals surface area contributed by atoms with E-state index < -0.39 is 0 Å². The number of nitrogens with one attached hydrogen (secondary N) is 1. The van der Waals surface area contributed by atoms with Crippen LogP contribution in [0, 0.1) is 16.7 Å². The van der Waals surface area contributed by atoms with Gasteiger partial charge in [0.05, 0.1) is 11.5 Å². The summed E-state index contributed by atoms with van der Waals surface area (Å²) in [5, 5.41) is 12.7. The highest BCUT2D eigenvalue weighted by Gasteiger charge is 2.32. The first-order chi connectivity index (χ1) is 7.76. The van der Waals surface area contributed by atoms with E-state index in [-0.39, 0.29) is 5.41 Å². The van der Waals surface area contributed by atoms with Gasteiger partial charge in [-0.3, -0.25) is 0 Å². The Hall–Kier alpha value is -0.850. The van der Waals surface area contributed by atoms with E-state index in [1.54, 1.807) is 0 Å². The van der Waals surface area contributed by atoms with Crippen molar-refractivity contribution in [3.8, 4) is 6.07 Å². The summed E-state index contributed by atoms with van der Waals surface area (Å²) in [6.45, 7) is 1.91. The molecule has 0 unspecified atom stereocenters. The van der Waals surface area contributed by atoms with Crippen LogP contribution in [-0.4, -0.2) is 13.1 Å². The van der Waals surface area contributed by atoms with E-state index in [1.165, 1.54) is 5.56 Å². The van der Waals surface area contributed by atoms with E-state index in [0.717, 1.165) is 36.8 Å². The van der Waals surface area contributed by atoms with Gasteiger partial charge in [0.2, 0.25) is 0 Å². The lowest BCUT2D eigenvalue weighted by Crippen LogP contribution is -2.37. The second kappa shape index (κ2) is 4.99. The molecule has 2 rings (SSSR count). The maximum Gasteiger partial charge on any atom is 0.0694 e. The molecule has 1 N–H and O–H groups in total. The highest BCUT2D eigenvalue weighted by molar-refractivity contribution is 9.10. The number of rotatable bonds is 2. The minimum atomic E-state index is -0.172. The Morgan fingerprint density at radius 1 is 1.31 bits per heavy atom. The number of nitriles is 1. The molecule has 0 amide bonds. The second-order valence-corrected chi connectivity index (χ2v) is 5.26. The van der Waals surface area contributed by atoms with Crippen molar-refractivity contribution in [1.82, 2.24) is 5.32 Å². The van der Waals surface area contributed by atoms with Crippen LogP contribution >= 0.6 is 15.9 Å². The van der Waals surface area contributed by atoms with E-state index in [9.17, 15) is 5.26 Å². The third kappa shape index (κ3) is 2.45. The van der Waals surface area contributed by atoms with Gasteiger partial charge in [0.1, 0.15) is 0 Å². The number of benzene rings is 1. The molecular formula is C13H15BrN2. The average molecular weight is 279 g/mol. The van der Waals surface area contributed by atoms with Crippen molar-refractivity contribution in [1.29, 1.82) is 5.26 Å². The normalized spacial score (nSPS) is 19.0. The molecule has 2 nitrogen and oxygen atoms in total. The smallest absolute Gasteiger partial charge is 0.0694 e. The molecule has 0 bridgehead atoms. The predicted octanol–water partition coefficient (Wildman–Crippen LogP) is 2.88. The molecule has 0 radical (unpaired) electrons. The molecule has 1 aromatic carbocycles. The quantitative estimate of drug-likeness (QED) is 0.903. The highest BCUT2D eigenvalue weighted by Crippen LogP contribution is 2.34. The van der Waals surface area contributed by atoms with Gasteiger partial charge in [0.25, 0.3) is 0 Å². The Bertz CT molecular complexity index is 403. The van der Waals surface area contributed by atoms with Gasteiger partial charge in [-0.15, -0.1) is 0 Å². The third-order valence-corrected chi connectivity index (χ3v) is 4.06. The number of piperidine rings is 1. The van der Waals surface area contributed by atoms with Crippen LogP contribution in [0.1, 0.15) is 18.4 Å². The maximum atomic E-state index is 9.40. The van der Waals surface area contributed by atoms with Crippen LogP contribution in [-0.2, 0) is 6.42 Å². The molecule has 1 heterocycles. The summed E-state index contributed by atoms with van der Waals surface area (Å²) in [7, 11) is 0. The minimum Gasteiger partial charge on any atom is -0.317 e. The van der Waals surface area contributed by atoms with Crippen molar-refractivity contribution < 1.29 is 0 Å². The zero-order valence-corrected chi connectivity index (χ0v) is 10.8. The SMILES string of the molecule is N#CC1(Cc2ccccc2Br)CCNCC1. The van der Waals surface area contributed by atoms with Crippen LogP contribution in [0.25, 0.3) is 0 Å². The van der Waals surface area contributed by atoms with Crippen molar-refractivity contribution in [2.45, 2.75) is 19.3 Å². The zero-order valence-electron chi connectivity index (χ0n) is 9.17. The van der Waals surface area contributed by atoms with Crippen LogP contribution in [0.5, 0.6) is 0 Å². The van der Waals surface area contributed by atoms with Crippen LogP contribution in [0.15, 0.2) is 28.7 Å². The lowest BCUT2D eigenvalue weighted by atomic mass is 9.75. The van der Waals surface area contributed by atoms with E-state index in [1.807, 2.05) is 18.2 Å². The molecule has 1 saturated heterocycles. The van der Waals surface area contributed by atoms with Crippen molar-refractivity contribution >= 4 is 15.9 Å². The third-order valence-electron chi connectivity index (χ3n) is 3.28. The number of hydrogen-bond acceptors (Lipinski definition) is 2. The maximum absolute atomic E-state index is 9.40. The predicted molar refractivity (Wildman–Crippen MR) is 68.0 cm³/mol. The van der Waals surface area contributed by atoms with E-state index >= 15 is 0 Å². The molecule has 84 valence electrons. The second-order valence-electron chi connectivity index (χ2n) is 4.41. The Labute approximate surface area is 105 Å². The largest absolute Gasteiger partial charge is 0.317 e. The molecule has 0 aliphatic carbocycles. The van der Waals surface area contributed by atoms with Gasteiger partial charge in [-0.05, 0) is 44.0 Å². The van der Waals surface area contributed by atoms with Gasteiger partial charge in [-0.2, -0.15) is 5.26 Å². The summed E-state index contributed by atoms with van der Waals surface area (Å²) in [6.07, 6.45) is 2.75. The highest BCUT2D eigenvalue weighted by atomic mass is 79.9. The van der Waals surface area contributed by atoms with E-state index in [0.29, 0.717) is 0 Å². The summed E-state index contributed by atoms with van der Waals surface area (Å²) >= 11 is 3.55. The molecule has 0 aromatic heterocycles. The summed E-state index contributed by atoms with van der Waals surface area (Å²) < 4.78 is 1.11. The van der Waals surface area contributed by atoms with Crippen molar-refractivity contribution in [3.63, 3.8) is 0 Å². The van der Waals surface area contributed by atoms with Crippen molar-refractivity contribution in [3.05, 3.63) is 34.3 Å². The molecule has 1 aromatic rings. The summed E-state index contributed by atoms with van der Waals surface area (Å²) in [4.78, 5) is 0. The molecule has 0 saturated carbocycles. The molecule has 1 aliphatic rings. The first-order valence-electron chi connectivity index (χ1n) is 5.61. The van der Waals surface area contributed by atoms with Gasteiger partial charge < -0.3 is 5.32 Å². The van der Waals surface area contributed by atoms with Gasteiger partial charge in [0, 0.05) is 4.47 Å². The van der Waals surface area contributed by atoms with Crippen LogP contribution in [0.3, 0.4) is 0 Å². The van der Waals surface area contributed by atoms with Crippen LogP contribution in [0.4, 0.5) is 0 Å². The van der Waals surface area contributed by atoms with Crippen molar-refractivity contribution in [2.75, 3.05) is 13.1 Å². The zero-order chi connectivity index (χ0) is 11.4. The summed E-state index contributed by atoms with van der Waals surface area (Å²) in [6, 6.07) is 10.7. The van der Waals surface area contributed by atoms with Gasteiger partial charge >= 0.3 is 0 Å². The van der Waals surface area contributed by atoms with E-state index in [2.05, 4.69) is 33.4 Å². The van der Waals surface area contributed by atoms with Gasteiger partial charge in [-0.1, -0.05) is 34.1 Å². The van der Waals surface area contributed by atoms with Gasteiger partial charge in [0.15, 0.2) is 0 Å². The molecule has 16 heavy (non-hydrogen) atoms. The Morgan fingerprint density at radius 2 is 2.00 bits per heavy atom. The fourth-order valence-corrected chi connectivity index (χ4v) is 2.66. The molecule has 0 spiro atoms. The number of nitrogens with zero attached hydrogens (tertiary/aromatic N) is 1. The first-order valence-corrected chi connectivity index (χ1v) is 6.40. The number of hydrogen-bond donors (Lipinski definition) is 1. The fourth-order valence-electron chi connectivity index (χ4n) is 2.24. The molecule has 0 atom stereocenters.